The van der Waals surface area contributed by atoms with Gasteiger partial charge in [0.2, 0.25) is 10.0 Å². The average molecular weight is 353 g/mol. The van der Waals surface area contributed by atoms with E-state index in [1.165, 1.54) is 0 Å². The third-order valence-electron chi connectivity index (χ3n) is 3.75. The number of rotatable bonds is 5. The molecule has 1 amide bonds. The zero-order valence-electron chi connectivity index (χ0n) is 15.5. The van der Waals surface area contributed by atoms with Crippen LogP contribution in [-0.2, 0) is 14.8 Å². The molecule has 0 saturated carbocycles. The Hall–Kier alpha value is -1.89. The Morgan fingerprint density at radius 1 is 1.25 bits per heavy atom. The van der Waals surface area contributed by atoms with Gasteiger partial charge in [-0.05, 0) is 38.0 Å². The third kappa shape index (κ3) is 5.63. The van der Waals surface area contributed by atoms with Crippen molar-refractivity contribution in [1.82, 2.24) is 5.43 Å². The highest BCUT2D eigenvalue weighted by Crippen LogP contribution is 2.23. The lowest BCUT2D eigenvalue weighted by molar-refractivity contribution is -0.119. The van der Waals surface area contributed by atoms with E-state index in [1.54, 1.807) is 6.07 Å². The van der Waals surface area contributed by atoms with Crippen LogP contribution in [0.2, 0.25) is 0 Å². The van der Waals surface area contributed by atoms with Crippen LogP contribution in [0.5, 0.6) is 0 Å². The van der Waals surface area contributed by atoms with E-state index in [-0.39, 0.29) is 12.0 Å². The highest BCUT2D eigenvalue weighted by Gasteiger charge is 2.23. The molecule has 0 aromatic heterocycles. The van der Waals surface area contributed by atoms with Gasteiger partial charge in [-0.1, -0.05) is 32.9 Å². The van der Waals surface area contributed by atoms with Gasteiger partial charge in [0.25, 0.3) is 5.91 Å². The molecule has 1 rings (SSSR count). The van der Waals surface area contributed by atoms with E-state index < -0.39 is 15.9 Å². The highest BCUT2D eigenvalue weighted by atomic mass is 32.2. The minimum Gasteiger partial charge on any atom is -0.271 e. The Bertz CT molecular complexity index is 747. The molecule has 0 aliphatic heterocycles. The van der Waals surface area contributed by atoms with E-state index in [4.69, 9.17) is 0 Å². The summed E-state index contributed by atoms with van der Waals surface area (Å²) in [5.74, 6) is -0.482. The van der Waals surface area contributed by atoms with Crippen molar-refractivity contribution in [2.24, 2.45) is 10.5 Å². The maximum atomic E-state index is 12.2. The van der Waals surface area contributed by atoms with E-state index in [0.29, 0.717) is 5.69 Å². The summed E-state index contributed by atoms with van der Waals surface area (Å²) in [5, 5.41) is 4.06. The Balaban J connectivity index is 3.05. The summed E-state index contributed by atoms with van der Waals surface area (Å²) in [6.45, 7) is 11.1. The molecule has 0 aliphatic carbocycles. The summed E-state index contributed by atoms with van der Waals surface area (Å²) < 4.78 is 25.4. The van der Waals surface area contributed by atoms with E-state index in [0.717, 1.165) is 27.4 Å². The second kappa shape index (κ2) is 7.34. The van der Waals surface area contributed by atoms with Gasteiger partial charge in [0, 0.05) is 11.1 Å². The number of hydrazone groups is 1. The van der Waals surface area contributed by atoms with Crippen LogP contribution in [0.4, 0.5) is 5.69 Å². The SMILES string of the molecule is C/C(=N/NC(=O)CN(c1cc(C)ccc1C)S(C)(=O)=O)C(C)(C)C. The summed E-state index contributed by atoms with van der Waals surface area (Å²) >= 11 is 0. The monoisotopic (exact) mass is 353 g/mol. The number of anilines is 1. The molecule has 0 unspecified atom stereocenters. The second-order valence-electron chi connectivity index (χ2n) is 7.04. The lowest BCUT2D eigenvalue weighted by Crippen LogP contribution is -2.39. The van der Waals surface area contributed by atoms with Crippen LogP contribution in [0.15, 0.2) is 23.3 Å². The Kier molecular flexibility index (Phi) is 6.16. The first-order valence-electron chi connectivity index (χ1n) is 7.71. The van der Waals surface area contributed by atoms with E-state index >= 15 is 0 Å². The topological polar surface area (TPSA) is 78.8 Å². The number of carbonyl (C=O) groups is 1. The molecule has 1 aromatic rings. The molecule has 0 saturated heterocycles. The third-order valence-corrected chi connectivity index (χ3v) is 4.88. The zero-order chi connectivity index (χ0) is 18.7. The molecule has 24 heavy (non-hydrogen) atoms. The molecule has 0 atom stereocenters. The van der Waals surface area contributed by atoms with Gasteiger partial charge < -0.3 is 0 Å². The van der Waals surface area contributed by atoms with Crippen LogP contribution in [0.1, 0.15) is 38.8 Å². The van der Waals surface area contributed by atoms with Gasteiger partial charge in [-0.25, -0.2) is 13.8 Å². The minimum absolute atomic E-state index is 0.170. The fourth-order valence-corrected chi connectivity index (χ4v) is 2.75. The lowest BCUT2D eigenvalue weighted by Gasteiger charge is -2.24. The summed E-state index contributed by atoms with van der Waals surface area (Å²) in [5.41, 5.74) is 5.24. The standard InChI is InChI=1S/C17H27N3O3S/c1-12-8-9-13(2)15(10-12)20(24(7,22)23)11-16(21)19-18-14(3)17(4,5)6/h8-10H,11H2,1-7H3,(H,19,21)/b18-14-. The Morgan fingerprint density at radius 3 is 2.33 bits per heavy atom. The van der Waals surface area contributed by atoms with Crippen molar-refractivity contribution >= 4 is 27.3 Å². The fraction of sp³-hybridized carbons (Fsp3) is 0.529. The number of amides is 1. The van der Waals surface area contributed by atoms with Crippen LogP contribution < -0.4 is 9.73 Å². The molecule has 0 fully saturated rings. The van der Waals surface area contributed by atoms with Crippen LogP contribution >= 0.6 is 0 Å². The van der Waals surface area contributed by atoms with E-state index in [1.807, 2.05) is 53.7 Å². The first kappa shape index (κ1) is 20.2. The maximum Gasteiger partial charge on any atom is 0.260 e. The molecule has 1 aromatic carbocycles. The van der Waals surface area contributed by atoms with Crippen molar-refractivity contribution in [3.8, 4) is 0 Å². The van der Waals surface area contributed by atoms with Crippen molar-refractivity contribution in [3.05, 3.63) is 29.3 Å². The van der Waals surface area contributed by atoms with Gasteiger partial charge in [-0.2, -0.15) is 5.10 Å². The second-order valence-corrected chi connectivity index (χ2v) is 8.95. The number of nitrogens with one attached hydrogen (secondary N) is 1. The molecule has 0 heterocycles. The molecule has 0 radical (unpaired) electrons. The summed E-state index contributed by atoms with van der Waals surface area (Å²) in [7, 11) is -3.60. The van der Waals surface area contributed by atoms with Crippen LogP contribution in [0.25, 0.3) is 0 Å². The number of hydrogen-bond donors (Lipinski definition) is 1. The van der Waals surface area contributed by atoms with Crippen molar-refractivity contribution in [2.45, 2.75) is 41.5 Å². The van der Waals surface area contributed by atoms with Crippen molar-refractivity contribution in [2.75, 3.05) is 17.1 Å². The summed E-state index contributed by atoms with van der Waals surface area (Å²) in [6, 6.07) is 5.49. The van der Waals surface area contributed by atoms with Crippen molar-refractivity contribution in [1.29, 1.82) is 0 Å². The lowest BCUT2D eigenvalue weighted by atomic mass is 9.91. The fourth-order valence-electron chi connectivity index (χ4n) is 1.85. The predicted octanol–water partition coefficient (Wildman–Crippen LogP) is 2.61. The van der Waals surface area contributed by atoms with E-state index in [2.05, 4.69) is 10.5 Å². The van der Waals surface area contributed by atoms with Crippen molar-refractivity contribution in [3.63, 3.8) is 0 Å². The number of hydrogen-bond acceptors (Lipinski definition) is 4. The van der Waals surface area contributed by atoms with Gasteiger partial charge in [0.15, 0.2) is 0 Å². The Morgan fingerprint density at radius 2 is 1.83 bits per heavy atom. The predicted molar refractivity (Wildman–Crippen MR) is 98.8 cm³/mol. The quantitative estimate of drug-likeness (QED) is 0.653. The van der Waals surface area contributed by atoms with Crippen LogP contribution in [0.3, 0.4) is 0 Å². The summed E-state index contributed by atoms with van der Waals surface area (Å²) in [4.78, 5) is 12.2. The van der Waals surface area contributed by atoms with Gasteiger partial charge >= 0.3 is 0 Å². The molecular weight excluding hydrogens is 326 g/mol. The zero-order valence-corrected chi connectivity index (χ0v) is 16.3. The normalized spacial score (nSPS) is 12.9. The van der Waals surface area contributed by atoms with Gasteiger partial charge in [-0.3, -0.25) is 9.10 Å². The molecule has 0 spiro atoms. The number of nitrogens with zero attached hydrogens (tertiary/aromatic N) is 2. The smallest absolute Gasteiger partial charge is 0.260 e. The number of aryl methyl sites for hydroxylation is 2. The molecule has 6 nitrogen and oxygen atoms in total. The molecule has 0 aliphatic rings. The summed E-state index contributed by atoms with van der Waals surface area (Å²) in [6.07, 6.45) is 1.09. The van der Waals surface area contributed by atoms with Gasteiger partial charge in [0.1, 0.15) is 6.54 Å². The first-order chi connectivity index (χ1) is 10.8. The van der Waals surface area contributed by atoms with E-state index in [9.17, 15) is 13.2 Å². The molecular formula is C17H27N3O3S. The number of carbonyl (C=O) groups excluding carboxylic acids is 1. The van der Waals surface area contributed by atoms with Gasteiger partial charge in [-0.15, -0.1) is 0 Å². The minimum atomic E-state index is -3.60. The molecule has 134 valence electrons. The molecule has 0 bridgehead atoms. The van der Waals surface area contributed by atoms with Crippen molar-refractivity contribution < 1.29 is 13.2 Å². The first-order valence-corrected chi connectivity index (χ1v) is 9.56. The largest absolute Gasteiger partial charge is 0.271 e. The molecule has 1 N–H and O–H groups in total. The van der Waals surface area contributed by atoms with Crippen LogP contribution in [0, 0.1) is 19.3 Å². The maximum absolute atomic E-state index is 12.2. The van der Waals surface area contributed by atoms with Crippen LogP contribution in [-0.4, -0.2) is 32.8 Å². The Labute approximate surface area is 145 Å². The molecule has 7 heteroatoms. The highest BCUT2D eigenvalue weighted by molar-refractivity contribution is 7.92. The number of sulfonamides is 1. The van der Waals surface area contributed by atoms with Gasteiger partial charge in [0.05, 0.1) is 11.9 Å². The average Bonchev–Trinajstić information content (AvgIpc) is 2.42. The number of benzene rings is 1.